The van der Waals surface area contributed by atoms with E-state index in [1.165, 1.54) is 21.3 Å². The van der Waals surface area contributed by atoms with E-state index in [2.05, 4.69) is 15.5 Å². The van der Waals surface area contributed by atoms with Crippen molar-refractivity contribution in [3.8, 4) is 23.1 Å². The van der Waals surface area contributed by atoms with Gasteiger partial charge in [-0.15, -0.1) is 0 Å². The van der Waals surface area contributed by atoms with Crippen LogP contribution in [-0.2, 0) is 6.54 Å². The third-order valence-corrected chi connectivity index (χ3v) is 5.49. The lowest BCUT2D eigenvalue weighted by Crippen LogP contribution is -2.34. The number of ether oxygens (including phenoxy) is 3. The minimum absolute atomic E-state index is 0.0482. The van der Waals surface area contributed by atoms with Gasteiger partial charge in [-0.2, -0.15) is 5.10 Å². The van der Waals surface area contributed by atoms with Gasteiger partial charge in [-0.1, -0.05) is 30.3 Å². The van der Waals surface area contributed by atoms with Crippen LogP contribution in [0.2, 0.25) is 0 Å². The van der Waals surface area contributed by atoms with Crippen LogP contribution in [0.4, 0.5) is 0 Å². The van der Waals surface area contributed by atoms with Crippen LogP contribution >= 0.6 is 0 Å². The van der Waals surface area contributed by atoms with Gasteiger partial charge >= 0.3 is 5.69 Å². The molecule has 1 aliphatic rings. The number of aromatic nitrogens is 2. The maximum absolute atomic E-state index is 12.6. The first-order chi connectivity index (χ1) is 16.0. The number of H-pyrrole nitrogens is 1. The molecule has 172 valence electrons. The van der Waals surface area contributed by atoms with E-state index < -0.39 is 17.1 Å². The Balaban J connectivity index is 1.67. The maximum atomic E-state index is 12.6. The highest BCUT2D eigenvalue weighted by Crippen LogP contribution is 2.41. The molecule has 2 aromatic carbocycles. The molecule has 0 saturated heterocycles. The fraction of sp³-hybridized carbons (Fsp3) is 0.261. The molecule has 10 heteroatoms. The van der Waals surface area contributed by atoms with Crippen molar-refractivity contribution >= 4 is 5.71 Å². The maximum Gasteiger partial charge on any atom is 0.331 e. The van der Waals surface area contributed by atoms with E-state index in [-0.39, 0.29) is 18.2 Å². The molecule has 0 amide bonds. The zero-order chi connectivity index (χ0) is 23.5. The number of hydrogen-bond acceptors (Lipinski definition) is 8. The summed E-state index contributed by atoms with van der Waals surface area (Å²) in [5.74, 6) is 1.00. The van der Waals surface area contributed by atoms with Crippen LogP contribution in [0, 0.1) is 0 Å². The van der Waals surface area contributed by atoms with E-state index in [9.17, 15) is 14.7 Å². The Morgan fingerprint density at radius 3 is 2.33 bits per heavy atom. The van der Waals surface area contributed by atoms with Crippen LogP contribution in [0.3, 0.4) is 0 Å². The van der Waals surface area contributed by atoms with Gasteiger partial charge in [-0.25, -0.2) is 4.79 Å². The van der Waals surface area contributed by atoms with Gasteiger partial charge in [0.2, 0.25) is 11.6 Å². The van der Waals surface area contributed by atoms with Crippen LogP contribution < -0.4 is 30.9 Å². The third-order valence-electron chi connectivity index (χ3n) is 5.49. The fourth-order valence-corrected chi connectivity index (χ4v) is 3.83. The van der Waals surface area contributed by atoms with Crippen molar-refractivity contribution in [3.63, 3.8) is 0 Å². The minimum atomic E-state index is -0.701. The molecule has 1 aromatic heterocycles. The highest BCUT2D eigenvalue weighted by atomic mass is 16.5. The van der Waals surface area contributed by atoms with Crippen LogP contribution in [0.25, 0.3) is 0 Å². The van der Waals surface area contributed by atoms with E-state index in [0.29, 0.717) is 29.4 Å². The van der Waals surface area contributed by atoms with E-state index in [1.807, 2.05) is 30.3 Å². The van der Waals surface area contributed by atoms with Gasteiger partial charge in [0, 0.05) is 6.42 Å². The summed E-state index contributed by atoms with van der Waals surface area (Å²) in [5.41, 5.74) is 3.46. The Morgan fingerprint density at radius 1 is 1.06 bits per heavy atom. The zero-order valence-electron chi connectivity index (χ0n) is 18.4. The molecule has 1 atom stereocenters. The number of nitrogens with one attached hydrogen (secondary N) is 2. The Bertz CT molecular complexity index is 1290. The summed E-state index contributed by atoms with van der Waals surface area (Å²) in [5, 5.41) is 15.1. The number of nitrogens with zero attached hydrogens (tertiary/aromatic N) is 2. The van der Waals surface area contributed by atoms with Gasteiger partial charge in [-0.05, 0) is 23.3 Å². The summed E-state index contributed by atoms with van der Waals surface area (Å²) in [6, 6.07) is 12.4. The molecule has 2 heterocycles. The monoisotopic (exact) mass is 452 g/mol. The Labute approximate surface area is 189 Å². The number of aromatic amines is 1. The highest BCUT2D eigenvalue weighted by Gasteiger charge is 2.29. The SMILES string of the molecule is COc1cc([C@@H]2CC(c3c(O)n(Cc4ccccc4)c(=O)[nH]c3=O)=NN2)cc(OC)c1OC. The smallest absolute Gasteiger partial charge is 0.331 e. The molecule has 1 aliphatic heterocycles. The summed E-state index contributed by atoms with van der Waals surface area (Å²) in [6.07, 6.45) is 0.290. The van der Waals surface area contributed by atoms with Crippen molar-refractivity contribution in [2.45, 2.75) is 19.0 Å². The third kappa shape index (κ3) is 4.14. The average Bonchev–Trinajstić information content (AvgIpc) is 3.31. The van der Waals surface area contributed by atoms with Gasteiger partial charge in [0.15, 0.2) is 11.5 Å². The summed E-state index contributed by atoms with van der Waals surface area (Å²) >= 11 is 0. The molecule has 3 aromatic rings. The first kappa shape index (κ1) is 22.0. The molecule has 0 spiro atoms. The Morgan fingerprint density at radius 2 is 1.73 bits per heavy atom. The minimum Gasteiger partial charge on any atom is -0.494 e. The number of methoxy groups -OCH3 is 3. The van der Waals surface area contributed by atoms with E-state index in [0.717, 1.165) is 15.7 Å². The fourth-order valence-electron chi connectivity index (χ4n) is 3.83. The van der Waals surface area contributed by atoms with E-state index in [1.54, 1.807) is 12.1 Å². The van der Waals surface area contributed by atoms with Gasteiger partial charge in [0.05, 0.1) is 39.6 Å². The second-order valence-electron chi connectivity index (χ2n) is 7.43. The van der Waals surface area contributed by atoms with Gasteiger partial charge in [0.1, 0.15) is 5.56 Å². The van der Waals surface area contributed by atoms with Crippen molar-refractivity contribution in [3.05, 3.63) is 80.0 Å². The largest absolute Gasteiger partial charge is 0.494 e. The Kier molecular flexibility index (Phi) is 6.07. The average molecular weight is 452 g/mol. The lowest BCUT2D eigenvalue weighted by molar-refractivity contribution is 0.323. The van der Waals surface area contributed by atoms with Crippen LogP contribution in [0.1, 0.15) is 29.2 Å². The van der Waals surface area contributed by atoms with Crippen molar-refractivity contribution in [1.29, 1.82) is 0 Å². The predicted octanol–water partition coefficient (Wildman–Crippen LogP) is 1.75. The first-order valence-corrected chi connectivity index (χ1v) is 10.2. The van der Waals surface area contributed by atoms with Gasteiger partial charge in [-0.3, -0.25) is 14.3 Å². The molecular weight excluding hydrogens is 428 g/mol. The molecule has 0 bridgehead atoms. The van der Waals surface area contributed by atoms with Crippen molar-refractivity contribution in [1.82, 2.24) is 15.0 Å². The number of hydrazone groups is 1. The van der Waals surface area contributed by atoms with Crippen LogP contribution in [0.5, 0.6) is 23.1 Å². The number of aromatic hydroxyl groups is 1. The zero-order valence-corrected chi connectivity index (χ0v) is 18.4. The van der Waals surface area contributed by atoms with Crippen LogP contribution in [0.15, 0.2) is 57.2 Å². The molecule has 0 aliphatic carbocycles. The second kappa shape index (κ2) is 9.11. The lowest BCUT2D eigenvalue weighted by Gasteiger charge is -2.17. The molecule has 33 heavy (non-hydrogen) atoms. The number of hydrogen-bond donors (Lipinski definition) is 3. The molecule has 3 N–H and O–H groups in total. The molecule has 10 nitrogen and oxygen atoms in total. The van der Waals surface area contributed by atoms with Gasteiger partial charge < -0.3 is 24.7 Å². The molecule has 0 saturated carbocycles. The first-order valence-electron chi connectivity index (χ1n) is 10.2. The van der Waals surface area contributed by atoms with Crippen molar-refractivity contribution < 1.29 is 19.3 Å². The predicted molar refractivity (Wildman–Crippen MR) is 122 cm³/mol. The van der Waals surface area contributed by atoms with Crippen molar-refractivity contribution in [2.75, 3.05) is 21.3 Å². The van der Waals surface area contributed by atoms with Crippen LogP contribution in [-0.4, -0.2) is 41.7 Å². The molecule has 0 radical (unpaired) electrons. The van der Waals surface area contributed by atoms with Gasteiger partial charge in [0.25, 0.3) is 5.56 Å². The van der Waals surface area contributed by atoms with E-state index >= 15 is 0 Å². The quantitative estimate of drug-likeness (QED) is 0.498. The molecule has 0 unspecified atom stereocenters. The van der Waals surface area contributed by atoms with E-state index in [4.69, 9.17) is 14.2 Å². The highest BCUT2D eigenvalue weighted by molar-refractivity contribution is 6.03. The molecule has 4 rings (SSSR count). The van der Waals surface area contributed by atoms with Crippen molar-refractivity contribution in [2.24, 2.45) is 5.10 Å². The molecule has 0 fully saturated rings. The lowest BCUT2D eigenvalue weighted by atomic mass is 9.99. The standard InChI is InChI=1S/C23H24N4O6/c1-31-17-9-14(10-18(32-2)20(17)33-3)15-11-16(26-25-15)19-21(28)24-23(30)27(22(19)29)12-13-7-5-4-6-8-13/h4-10,15,25,29H,11-12H2,1-3H3,(H,24,28,30)/t15-/m0/s1. The summed E-state index contributed by atoms with van der Waals surface area (Å²) in [4.78, 5) is 27.2. The topological polar surface area (TPSA) is 127 Å². The molecular formula is C23H24N4O6. The summed E-state index contributed by atoms with van der Waals surface area (Å²) in [7, 11) is 4.58. The number of rotatable bonds is 7. The Hall–Kier alpha value is -4.21. The normalized spacial score (nSPS) is 15.0. The summed E-state index contributed by atoms with van der Waals surface area (Å²) < 4.78 is 17.3. The summed E-state index contributed by atoms with van der Waals surface area (Å²) in [6.45, 7) is 0.103. The number of benzene rings is 2. The second-order valence-corrected chi connectivity index (χ2v) is 7.43.